The largest absolute Gasteiger partial charge is 0.351 e. The Morgan fingerprint density at radius 3 is 2.75 bits per heavy atom. The predicted octanol–water partition coefficient (Wildman–Crippen LogP) is 3.12. The molecular weight excluding hydrogens is 318 g/mol. The average Bonchev–Trinajstić information content (AvgIpc) is 3.10. The molecule has 0 amide bonds. The van der Waals surface area contributed by atoms with Gasteiger partial charge in [0, 0.05) is 29.7 Å². The summed E-state index contributed by atoms with van der Waals surface area (Å²) < 4.78 is 0. The van der Waals surface area contributed by atoms with Gasteiger partial charge in [0.25, 0.3) is 0 Å². The molecule has 0 saturated heterocycles. The molecule has 3 aromatic rings. The summed E-state index contributed by atoms with van der Waals surface area (Å²) in [5.74, 6) is 0.748. The number of hydrogen-bond acceptors (Lipinski definition) is 4. The van der Waals surface area contributed by atoms with Crippen LogP contribution in [0.2, 0.25) is 0 Å². The topological polar surface area (TPSA) is 62.2 Å². The molecule has 0 spiro atoms. The Kier molecular flexibility index (Phi) is 5.38. The fraction of sp³-hybridized carbons (Fsp3) is 0.278. The molecule has 24 heavy (non-hydrogen) atoms. The molecule has 6 heteroatoms. The maximum atomic E-state index is 4.49. The lowest BCUT2D eigenvalue weighted by Gasteiger charge is -2.11. The van der Waals surface area contributed by atoms with Gasteiger partial charge < -0.3 is 10.6 Å². The number of aliphatic imine (C=N–C) groups is 1. The number of aryl methyl sites for hydroxylation is 1. The molecule has 0 unspecified atom stereocenters. The van der Waals surface area contributed by atoms with Gasteiger partial charge in [-0.1, -0.05) is 31.2 Å². The van der Waals surface area contributed by atoms with E-state index in [0.29, 0.717) is 13.1 Å². The first-order valence-corrected chi connectivity index (χ1v) is 8.82. The summed E-state index contributed by atoms with van der Waals surface area (Å²) in [5, 5.41) is 10.0. The van der Waals surface area contributed by atoms with Gasteiger partial charge in [0.05, 0.1) is 18.8 Å². The molecule has 2 N–H and O–H groups in total. The van der Waals surface area contributed by atoms with Gasteiger partial charge in [0.2, 0.25) is 0 Å². The van der Waals surface area contributed by atoms with Crippen molar-refractivity contribution in [3.05, 3.63) is 58.3 Å². The molecule has 3 rings (SSSR count). The Morgan fingerprint density at radius 1 is 1.12 bits per heavy atom. The third kappa shape index (κ3) is 3.89. The van der Waals surface area contributed by atoms with Gasteiger partial charge in [-0.3, -0.25) is 9.98 Å². The number of aromatic nitrogens is 2. The molecule has 124 valence electrons. The van der Waals surface area contributed by atoms with E-state index in [1.807, 2.05) is 30.6 Å². The van der Waals surface area contributed by atoms with E-state index >= 15 is 0 Å². The Labute approximate surface area is 145 Å². The van der Waals surface area contributed by atoms with E-state index in [4.69, 9.17) is 0 Å². The Morgan fingerprint density at radius 2 is 1.96 bits per heavy atom. The van der Waals surface area contributed by atoms with Gasteiger partial charge in [-0.05, 0) is 17.9 Å². The zero-order valence-electron chi connectivity index (χ0n) is 13.9. The van der Waals surface area contributed by atoms with Crippen molar-refractivity contribution in [2.24, 2.45) is 4.99 Å². The molecule has 1 aromatic carbocycles. The minimum Gasteiger partial charge on any atom is -0.351 e. The minimum atomic E-state index is 0.624. The van der Waals surface area contributed by atoms with E-state index in [1.165, 1.54) is 10.3 Å². The number of fused-ring (bicyclic) bond motifs is 1. The van der Waals surface area contributed by atoms with Crippen LogP contribution >= 0.6 is 11.3 Å². The molecule has 0 radical (unpaired) electrons. The lowest BCUT2D eigenvalue weighted by Crippen LogP contribution is -2.36. The first-order chi connectivity index (χ1) is 11.8. The molecular formula is C18H21N5S. The van der Waals surface area contributed by atoms with Crippen molar-refractivity contribution in [3.63, 3.8) is 0 Å². The highest BCUT2D eigenvalue weighted by Gasteiger charge is 2.05. The molecule has 0 atom stereocenters. The zero-order chi connectivity index (χ0) is 16.8. The smallest absolute Gasteiger partial charge is 0.191 e. The number of pyridine rings is 1. The molecule has 5 nitrogen and oxygen atoms in total. The monoisotopic (exact) mass is 339 g/mol. The van der Waals surface area contributed by atoms with E-state index in [1.54, 1.807) is 18.4 Å². The normalized spacial score (nSPS) is 11.7. The third-order valence-electron chi connectivity index (χ3n) is 3.76. The van der Waals surface area contributed by atoms with Crippen LogP contribution in [0.1, 0.15) is 22.5 Å². The molecule has 0 aliphatic rings. The van der Waals surface area contributed by atoms with Gasteiger partial charge in [0.1, 0.15) is 5.01 Å². The Bertz CT molecular complexity index is 835. The second-order valence-corrected chi connectivity index (χ2v) is 6.53. The Balaban J connectivity index is 1.61. The van der Waals surface area contributed by atoms with Crippen LogP contribution in [0, 0.1) is 0 Å². The SMILES string of the molecule is CCc1cnc(CNC(=NC)NCc2nccc3ccccc23)s1. The third-order valence-corrected chi connectivity index (χ3v) is 4.90. The van der Waals surface area contributed by atoms with Crippen LogP contribution in [0.15, 0.2) is 47.7 Å². The van der Waals surface area contributed by atoms with E-state index in [9.17, 15) is 0 Å². The van der Waals surface area contributed by atoms with Gasteiger partial charge in [-0.25, -0.2) is 4.98 Å². The van der Waals surface area contributed by atoms with Crippen molar-refractivity contribution >= 4 is 28.1 Å². The van der Waals surface area contributed by atoms with E-state index in [2.05, 4.69) is 44.7 Å². The number of benzene rings is 1. The average molecular weight is 339 g/mol. The maximum absolute atomic E-state index is 4.49. The van der Waals surface area contributed by atoms with Crippen molar-refractivity contribution in [1.29, 1.82) is 0 Å². The number of hydrogen-bond donors (Lipinski definition) is 2. The van der Waals surface area contributed by atoms with E-state index < -0.39 is 0 Å². The highest BCUT2D eigenvalue weighted by atomic mass is 32.1. The number of rotatable bonds is 5. The van der Waals surface area contributed by atoms with Crippen LogP contribution in [-0.2, 0) is 19.5 Å². The summed E-state index contributed by atoms with van der Waals surface area (Å²) in [7, 11) is 1.77. The number of nitrogens with zero attached hydrogens (tertiary/aromatic N) is 3. The number of nitrogens with one attached hydrogen (secondary N) is 2. The van der Waals surface area contributed by atoms with Crippen molar-refractivity contribution in [2.45, 2.75) is 26.4 Å². The van der Waals surface area contributed by atoms with Crippen molar-refractivity contribution in [3.8, 4) is 0 Å². The Hall–Kier alpha value is -2.47. The fourth-order valence-electron chi connectivity index (χ4n) is 2.46. The van der Waals surface area contributed by atoms with Gasteiger partial charge >= 0.3 is 0 Å². The highest BCUT2D eigenvalue weighted by Crippen LogP contribution is 2.16. The van der Waals surface area contributed by atoms with Gasteiger partial charge in [-0.15, -0.1) is 11.3 Å². The van der Waals surface area contributed by atoms with Gasteiger partial charge in [0.15, 0.2) is 5.96 Å². The maximum Gasteiger partial charge on any atom is 0.191 e. The lowest BCUT2D eigenvalue weighted by atomic mass is 10.1. The van der Waals surface area contributed by atoms with Crippen LogP contribution in [-0.4, -0.2) is 23.0 Å². The lowest BCUT2D eigenvalue weighted by molar-refractivity contribution is 0.795. The van der Waals surface area contributed by atoms with Crippen LogP contribution in [0.25, 0.3) is 10.8 Å². The molecule has 0 aliphatic heterocycles. The second-order valence-electron chi connectivity index (χ2n) is 5.33. The molecule has 2 heterocycles. The summed E-state index contributed by atoms with van der Waals surface area (Å²) in [4.78, 5) is 14.5. The van der Waals surface area contributed by atoms with Crippen LogP contribution < -0.4 is 10.6 Å². The standard InChI is InChI=1S/C18H21N5S/c1-3-14-10-21-17(24-14)12-23-18(19-2)22-11-16-15-7-5-4-6-13(15)8-9-20-16/h4-10H,3,11-12H2,1-2H3,(H2,19,22,23). The summed E-state index contributed by atoms with van der Waals surface area (Å²) in [6.45, 7) is 3.44. The second kappa shape index (κ2) is 7.88. The molecule has 0 bridgehead atoms. The molecule has 0 fully saturated rings. The summed E-state index contributed by atoms with van der Waals surface area (Å²) >= 11 is 1.73. The predicted molar refractivity (Wildman–Crippen MR) is 100 cm³/mol. The number of guanidine groups is 1. The van der Waals surface area contributed by atoms with Crippen molar-refractivity contribution in [2.75, 3.05) is 7.05 Å². The van der Waals surface area contributed by atoms with Crippen LogP contribution in [0.5, 0.6) is 0 Å². The zero-order valence-corrected chi connectivity index (χ0v) is 14.7. The van der Waals surface area contributed by atoms with Crippen molar-refractivity contribution in [1.82, 2.24) is 20.6 Å². The quantitative estimate of drug-likeness (QED) is 0.554. The van der Waals surface area contributed by atoms with Crippen LogP contribution in [0.3, 0.4) is 0 Å². The highest BCUT2D eigenvalue weighted by molar-refractivity contribution is 7.11. The molecule has 2 aromatic heterocycles. The first-order valence-electron chi connectivity index (χ1n) is 8.01. The molecule has 0 aliphatic carbocycles. The van der Waals surface area contributed by atoms with Gasteiger partial charge in [-0.2, -0.15) is 0 Å². The summed E-state index contributed by atoms with van der Waals surface area (Å²) in [6.07, 6.45) is 4.81. The number of thiazole rings is 1. The van der Waals surface area contributed by atoms with E-state index in [-0.39, 0.29) is 0 Å². The fourth-order valence-corrected chi connectivity index (χ4v) is 3.27. The minimum absolute atomic E-state index is 0.624. The molecule has 0 saturated carbocycles. The van der Waals surface area contributed by atoms with E-state index in [0.717, 1.165) is 28.5 Å². The summed E-state index contributed by atoms with van der Waals surface area (Å²) in [6, 6.07) is 10.3. The van der Waals surface area contributed by atoms with Crippen LogP contribution in [0.4, 0.5) is 0 Å². The van der Waals surface area contributed by atoms with Crippen molar-refractivity contribution < 1.29 is 0 Å². The summed E-state index contributed by atoms with van der Waals surface area (Å²) in [5.41, 5.74) is 1.01. The first kappa shape index (κ1) is 16.4.